The highest BCUT2D eigenvalue weighted by Crippen LogP contribution is 2.33. The molecule has 2 nitrogen and oxygen atoms in total. The van der Waals surface area contributed by atoms with E-state index in [4.69, 9.17) is 16.3 Å². The minimum absolute atomic E-state index is 0.100. The first-order valence-corrected chi connectivity index (χ1v) is 6.28. The molecule has 0 aliphatic heterocycles. The summed E-state index contributed by atoms with van der Waals surface area (Å²) in [6.07, 6.45) is 0.653. The third-order valence-corrected chi connectivity index (χ3v) is 3.45. The van der Waals surface area contributed by atoms with Crippen LogP contribution < -0.4 is 0 Å². The summed E-state index contributed by atoms with van der Waals surface area (Å²) in [5.74, 6) is 0.0862. The molecule has 0 radical (unpaired) electrons. The smallest absolute Gasteiger partial charge is 0.324 e. The highest BCUT2D eigenvalue weighted by Gasteiger charge is 2.37. The second kappa shape index (κ2) is 5.39. The Morgan fingerprint density at radius 1 is 1.19 bits per heavy atom. The predicted octanol–water partition coefficient (Wildman–Crippen LogP) is 4.01. The second-order valence-corrected chi connectivity index (χ2v) is 6.81. The quantitative estimate of drug-likeness (QED) is 0.555. The van der Waals surface area contributed by atoms with Crippen LogP contribution in [-0.4, -0.2) is 16.9 Å². The molecule has 0 N–H and O–H groups in total. The van der Waals surface area contributed by atoms with Crippen molar-refractivity contribution >= 4 is 17.6 Å². The van der Waals surface area contributed by atoms with E-state index in [1.54, 1.807) is 0 Å². The Morgan fingerprint density at radius 3 is 1.94 bits per heavy atom. The number of ether oxygens (including phenoxy) is 1. The third-order valence-electron chi connectivity index (χ3n) is 3.10. The molecule has 0 saturated carbocycles. The minimum atomic E-state index is -0.540. The maximum absolute atomic E-state index is 11.8. The van der Waals surface area contributed by atoms with Gasteiger partial charge in [-0.1, -0.05) is 34.6 Å². The van der Waals surface area contributed by atoms with Crippen LogP contribution in [0.15, 0.2) is 0 Å². The van der Waals surface area contributed by atoms with Crippen LogP contribution in [0.3, 0.4) is 0 Å². The Morgan fingerprint density at radius 2 is 1.62 bits per heavy atom. The molecule has 96 valence electrons. The van der Waals surface area contributed by atoms with Gasteiger partial charge in [-0.15, -0.1) is 11.6 Å². The highest BCUT2D eigenvalue weighted by atomic mass is 35.5. The molecule has 0 aromatic carbocycles. The SMILES string of the molecule is CC(C)CC(Cl)C(=O)OC(C)(C)C(C)(C)C. The molecule has 0 aliphatic rings. The van der Waals surface area contributed by atoms with E-state index >= 15 is 0 Å². The van der Waals surface area contributed by atoms with E-state index in [0.717, 1.165) is 0 Å². The molecule has 1 atom stereocenters. The van der Waals surface area contributed by atoms with Gasteiger partial charge in [-0.3, -0.25) is 4.79 Å². The summed E-state index contributed by atoms with van der Waals surface area (Å²) in [4.78, 5) is 11.8. The molecule has 3 heteroatoms. The molecule has 1 unspecified atom stereocenters. The number of alkyl halides is 1. The van der Waals surface area contributed by atoms with E-state index in [1.807, 2.05) is 48.5 Å². The van der Waals surface area contributed by atoms with Crippen LogP contribution >= 0.6 is 11.6 Å². The normalized spacial score (nSPS) is 15.1. The van der Waals surface area contributed by atoms with Crippen LogP contribution in [0.25, 0.3) is 0 Å². The largest absolute Gasteiger partial charge is 0.458 e. The summed E-state index contributed by atoms with van der Waals surface area (Å²) in [7, 11) is 0. The van der Waals surface area contributed by atoms with Crippen molar-refractivity contribution < 1.29 is 9.53 Å². The number of hydrogen-bond acceptors (Lipinski definition) is 2. The molecule has 0 spiro atoms. The maximum atomic E-state index is 11.8. The van der Waals surface area contributed by atoms with E-state index in [2.05, 4.69) is 0 Å². The molecule has 0 aromatic rings. The highest BCUT2D eigenvalue weighted by molar-refractivity contribution is 6.29. The summed E-state index contributed by atoms with van der Waals surface area (Å²) >= 11 is 6.01. The molecule has 0 saturated heterocycles. The van der Waals surface area contributed by atoms with Crippen LogP contribution in [0.4, 0.5) is 0 Å². The van der Waals surface area contributed by atoms with Gasteiger partial charge in [0.2, 0.25) is 0 Å². The Bertz CT molecular complexity index is 239. The lowest BCUT2D eigenvalue weighted by Gasteiger charge is -2.38. The standard InChI is InChI=1S/C13H25ClO2/c1-9(2)8-10(14)11(15)16-13(6,7)12(3,4)5/h9-10H,8H2,1-7H3. The number of hydrogen-bond donors (Lipinski definition) is 0. The van der Waals surface area contributed by atoms with Gasteiger partial charge in [0.05, 0.1) is 0 Å². The van der Waals surface area contributed by atoms with Gasteiger partial charge in [0.25, 0.3) is 0 Å². The molecule has 0 rings (SSSR count). The summed E-state index contributed by atoms with van der Waals surface area (Å²) in [5, 5.41) is -0.540. The molecular weight excluding hydrogens is 224 g/mol. The maximum Gasteiger partial charge on any atom is 0.324 e. The van der Waals surface area contributed by atoms with Crippen LogP contribution in [0.5, 0.6) is 0 Å². The molecule has 0 bridgehead atoms. The molecule has 16 heavy (non-hydrogen) atoms. The molecule has 0 fully saturated rings. The lowest BCUT2D eigenvalue weighted by molar-refractivity contribution is -0.167. The fraction of sp³-hybridized carbons (Fsp3) is 0.923. The van der Waals surface area contributed by atoms with Crippen molar-refractivity contribution in [1.29, 1.82) is 0 Å². The molecular formula is C13H25ClO2. The lowest BCUT2D eigenvalue weighted by Crippen LogP contribution is -2.43. The van der Waals surface area contributed by atoms with Crippen molar-refractivity contribution in [3.63, 3.8) is 0 Å². The first-order valence-electron chi connectivity index (χ1n) is 5.84. The lowest BCUT2D eigenvalue weighted by atomic mass is 9.79. The number of halogens is 1. The summed E-state index contributed by atoms with van der Waals surface area (Å²) < 4.78 is 5.49. The van der Waals surface area contributed by atoms with Gasteiger partial charge < -0.3 is 4.74 Å². The van der Waals surface area contributed by atoms with Crippen LogP contribution in [0.1, 0.15) is 54.9 Å². The van der Waals surface area contributed by atoms with E-state index in [0.29, 0.717) is 12.3 Å². The minimum Gasteiger partial charge on any atom is -0.458 e. The van der Waals surface area contributed by atoms with Crippen molar-refractivity contribution in [3.8, 4) is 0 Å². The van der Waals surface area contributed by atoms with Crippen LogP contribution in [-0.2, 0) is 9.53 Å². The Kier molecular flexibility index (Phi) is 5.31. The fourth-order valence-electron chi connectivity index (χ4n) is 0.979. The van der Waals surface area contributed by atoms with Crippen LogP contribution in [0.2, 0.25) is 0 Å². The number of carbonyl (C=O) groups excluding carboxylic acids is 1. The Hall–Kier alpha value is -0.240. The zero-order chi connectivity index (χ0) is 13.1. The zero-order valence-electron chi connectivity index (χ0n) is 11.6. The Balaban J connectivity index is 4.45. The van der Waals surface area contributed by atoms with Crippen molar-refractivity contribution in [2.75, 3.05) is 0 Å². The number of rotatable bonds is 4. The zero-order valence-corrected chi connectivity index (χ0v) is 12.3. The van der Waals surface area contributed by atoms with Crippen molar-refractivity contribution in [2.24, 2.45) is 11.3 Å². The van der Waals surface area contributed by atoms with E-state index in [1.165, 1.54) is 0 Å². The molecule has 0 aliphatic carbocycles. The number of carbonyl (C=O) groups is 1. The first-order chi connectivity index (χ1) is 6.97. The van der Waals surface area contributed by atoms with Gasteiger partial charge >= 0.3 is 5.97 Å². The van der Waals surface area contributed by atoms with Gasteiger partial charge in [0.15, 0.2) is 0 Å². The van der Waals surface area contributed by atoms with E-state index in [9.17, 15) is 4.79 Å². The molecule has 0 amide bonds. The van der Waals surface area contributed by atoms with E-state index < -0.39 is 11.0 Å². The van der Waals surface area contributed by atoms with Crippen molar-refractivity contribution in [1.82, 2.24) is 0 Å². The van der Waals surface area contributed by atoms with Gasteiger partial charge in [-0.05, 0) is 26.2 Å². The fourth-order valence-corrected chi connectivity index (χ4v) is 1.38. The molecule has 0 aromatic heterocycles. The average molecular weight is 249 g/mol. The Labute approximate surface area is 105 Å². The number of esters is 1. The van der Waals surface area contributed by atoms with E-state index in [-0.39, 0.29) is 11.4 Å². The summed E-state index contributed by atoms with van der Waals surface area (Å²) in [5.41, 5.74) is -0.606. The topological polar surface area (TPSA) is 26.3 Å². The monoisotopic (exact) mass is 248 g/mol. The molecule has 0 heterocycles. The van der Waals surface area contributed by atoms with Gasteiger partial charge in [0.1, 0.15) is 11.0 Å². The van der Waals surface area contributed by atoms with Gasteiger partial charge in [-0.25, -0.2) is 0 Å². The summed E-state index contributed by atoms with van der Waals surface area (Å²) in [6.45, 7) is 14.1. The van der Waals surface area contributed by atoms with Gasteiger partial charge in [-0.2, -0.15) is 0 Å². The predicted molar refractivity (Wildman–Crippen MR) is 68.7 cm³/mol. The third kappa shape index (κ3) is 4.73. The second-order valence-electron chi connectivity index (χ2n) is 6.28. The van der Waals surface area contributed by atoms with Crippen LogP contribution in [0, 0.1) is 11.3 Å². The van der Waals surface area contributed by atoms with Gasteiger partial charge in [0, 0.05) is 5.41 Å². The summed E-state index contributed by atoms with van der Waals surface area (Å²) in [6, 6.07) is 0. The van der Waals surface area contributed by atoms with Crippen molar-refractivity contribution in [3.05, 3.63) is 0 Å². The average Bonchev–Trinajstić information content (AvgIpc) is 1.99. The van der Waals surface area contributed by atoms with Crippen molar-refractivity contribution in [2.45, 2.75) is 65.9 Å². The first kappa shape index (κ1) is 15.8.